The van der Waals surface area contributed by atoms with Crippen LogP contribution in [0.1, 0.15) is 11.1 Å². The Morgan fingerprint density at radius 2 is 2.00 bits per heavy atom. The number of ether oxygens (including phenoxy) is 1. The highest BCUT2D eigenvalue weighted by molar-refractivity contribution is 5.65. The number of methoxy groups -OCH3 is 1. The molecule has 0 amide bonds. The first-order valence-corrected chi connectivity index (χ1v) is 7.29. The lowest BCUT2D eigenvalue weighted by Crippen LogP contribution is -2.00. The molecule has 0 unspecified atom stereocenters. The van der Waals surface area contributed by atoms with Gasteiger partial charge in [-0.25, -0.2) is 4.98 Å². The van der Waals surface area contributed by atoms with E-state index >= 15 is 0 Å². The Bertz CT molecular complexity index is 752. The first kappa shape index (κ1) is 15.1. The van der Waals surface area contributed by atoms with E-state index in [1.54, 1.807) is 13.3 Å². The average Bonchev–Trinajstić information content (AvgIpc) is 3.14. The number of rotatable bonds is 6. The normalized spacial score (nSPS) is 10.5. The fraction of sp³-hybridized carbons (Fsp3) is 0.167. The van der Waals surface area contributed by atoms with Gasteiger partial charge in [0.05, 0.1) is 19.9 Å². The molecule has 1 heterocycles. The highest BCUT2D eigenvalue weighted by Gasteiger charge is 2.08. The van der Waals surface area contributed by atoms with Gasteiger partial charge in [0.15, 0.2) is 12.2 Å². The van der Waals surface area contributed by atoms with Crippen molar-refractivity contribution in [1.29, 1.82) is 0 Å². The number of nitrogens with one attached hydrogen (secondary N) is 1. The first-order valence-electron chi connectivity index (χ1n) is 7.29. The summed E-state index contributed by atoms with van der Waals surface area (Å²) < 4.78 is 10.4. The zero-order valence-electron chi connectivity index (χ0n) is 12.8. The topological polar surface area (TPSA) is 67.5 Å². The van der Waals surface area contributed by atoms with Gasteiger partial charge < -0.3 is 19.6 Å². The second kappa shape index (κ2) is 6.98. The van der Waals surface area contributed by atoms with Crippen molar-refractivity contribution in [3.8, 4) is 17.1 Å². The number of hydrogen-bond donors (Lipinski definition) is 2. The predicted molar refractivity (Wildman–Crippen MR) is 88.2 cm³/mol. The van der Waals surface area contributed by atoms with Gasteiger partial charge in [-0.3, -0.25) is 0 Å². The molecule has 118 valence electrons. The van der Waals surface area contributed by atoms with Crippen LogP contribution in [0, 0.1) is 0 Å². The molecule has 0 spiro atoms. The summed E-state index contributed by atoms with van der Waals surface area (Å²) in [5.74, 6) is 1.49. The average molecular weight is 310 g/mol. The molecule has 23 heavy (non-hydrogen) atoms. The summed E-state index contributed by atoms with van der Waals surface area (Å²) in [5.41, 5.74) is 3.73. The largest absolute Gasteiger partial charge is 0.497 e. The van der Waals surface area contributed by atoms with Crippen LogP contribution in [0.2, 0.25) is 0 Å². The summed E-state index contributed by atoms with van der Waals surface area (Å²) in [4.78, 5) is 3.91. The molecule has 0 aliphatic rings. The van der Waals surface area contributed by atoms with E-state index in [1.807, 2.05) is 42.5 Å². The third-order valence-corrected chi connectivity index (χ3v) is 3.63. The van der Waals surface area contributed by atoms with Gasteiger partial charge in [-0.05, 0) is 41.5 Å². The van der Waals surface area contributed by atoms with Crippen molar-refractivity contribution in [2.45, 2.75) is 13.2 Å². The standard InChI is InChI=1S/C18H18N2O3/c1-22-16-5-2-13(3-6-16)9-20-15-4-7-17(14(8-15)11-21)18-10-19-12-23-18/h2-8,10,12,20-21H,9,11H2,1H3. The van der Waals surface area contributed by atoms with Crippen LogP contribution in [-0.4, -0.2) is 17.2 Å². The van der Waals surface area contributed by atoms with Crippen LogP contribution in [-0.2, 0) is 13.2 Å². The van der Waals surface area contributed by atoms with Crippen LogP contribution < -0.4 is 10.1 Å². The molecule has 5 nitrogen and oxygen atoms in total. The summed E-state index contributed by atoms with van der Waals surface area (Å²) in [6.45, 7) is 0.630. The van der Waals surface area contributed by atoms with Gasteiger partial charge in [0.1, 0.15) is 5.75 Å². The van der Waals surface area contributed by atoms with Crippen molar-refractivity contribution < 1.29 is 14.3 Å². The number of nitrogens with zero attached hydrogens (tertiary/aromatic N) is 1. The zero-order valence-corrected chi connectivity index (χ0v) is 12.8. The summed E-state index contributed by atoms with van der Waals surface area (Å²) in [6.07, 6.45) is 3.02. The minimum Gasteiger partial charge on any atom is -0.497 e. The van der Waals surface area contributed by atoms with E-state index in [0.717, 1.165) is 28.1 Å². The zero-order chi connectivity index (χ0) is 16.1. The van der Waals surface area contributed by atoms with E-state index in [0.29, 0.717) is 12.3 Å². The van der Waals surface area contributed by atoms with E-state index in [-0.39, 0.29) is 6.61 Å². The van der Waals surface area contributed by atoms with Crippen LogP contribution in [0.25, 0.3) is 11.3 Å². The molecule has 3 aromatic rings. The van der Waals surface area contributed by atoms with Crippen LogP contribution >= 0.6 is 0 Å². The molecule has 3 rings (SSSR count). The molecular weight excluding hydrogens is 292 g/mol. The summed E-state index contributed by atoms with van der Waals surface area (Å²) in [7, 11) is 1.65. The number of anilines is 1. The summed E-state index contributed by atoms with van der Waals surface area (Å²) in [5, 5.41) is 12.9. The molecule has 0 aliphatic carbocycles. The smallest absolute Gasteiger partial charge is 0.181 e. The van der Waals surface area contributed by atoms with E-state index in [2.05, 4.69) is 10.3 Å². The number of aliphatic hydroxyl groups excluding tert-OH is 1. The van der Waals surface area contributed by atoms with E-state index in [4.69, 9.17) is 9.15 Å². The first-order chi connectivity index (χ1) is 11.3. The lowest BCUT2D eigenvalue weighted by Gasteiger charge is -2.11. The Balaban J connectivity index is 1.73. The van der Waals surface area contributed by atoms with Crippen molar-refractivity contribution in [3.63, 3.8) is 0 Å². The highest BCUT2D eigenvalue weighted by atomic mass is 16.5. The molecule has 2 N–H and O–H groups in total. The van der Waals surface area contributed by atoms with Crippen LogP contribution in [0.4, 0.5) is 5.69 Å². The molecule has 0 aliphatic heterocycles. The lowest BCUT2D eigenvalue weighted by atomic mass is 10.1. The maximum absolute atomic E-state index is 9.58. The Morgan fingerprint density at radius 3 is 2.65 bits per heavy atom. The van der Waals surface area contributed by atoms with Crippen LogP contribution in [0.5, 0.6) is 5.75 Å². The van der Waals surface area contributed by atoms with Gasteiger partial charge in [0.25, 0.3) is 0 Å². The minimum atomic E-state index is -0.0614. The van der Waals surface area contributed by atoms with Crippen molar-refractivity contribution in [2.24, 2.45) is 0 Å². The third kappa shape index (κ3) is 3.52. The van der Waals surface area contributed by atoms with Gasteiger partial charge in [-0.15, -0.1) is 0 Å². The van der Waals surface area contributed by atoms with Crippen molar-refractivity contribution in [1.82, 2.24) is 4.98 Å². The Kier molecular flexibility index (Phi) is 4.59. The number of aliphatic hydroxyl groups is 1. The molecule has 0 bridgehead atoms. The maximum atomic E-state index is 9.58. The maximum Gasteiger partial charge on any atom is 0.181 e. The highest BCUT2D eigenvalue weighted by Crippen LogP contribution is 2.26. The second-order valence-corrected chi connectivity index (χ2v) is 5.10. The predicted octanol–water partition coefficient (Wildman–Crippen LogP) is 3.45. The summed E-state index contributed by atoms with van der Waals surface area (Å²) in [6, 6.07) is 13.7. The van der Waals surface area contributed by atoms with Crippen LogP contribution in [0.3, 0.4) is 0 Å². The summed E-state index contributed by atoms with van der Waals surface area (Å²) >= 11 is 0. The number of benzene rings is 2. The molecule has 0 fully saturated rings. The fourth-order valence-electron chi connectivity index (χ4n) is 2.37. The number of aromatic nitrogens is 1. The van der Waals surface area contributed by atoms with Gasteiger partial charge in [-0.1, -0.05) is 12.1 Å². The minimum absolute atomic E-state index is 0.0614. The quantitative estimate of drug-likeness (QED) is 0.730. The van der Waals surface area contributed by atoms with Gasteiger partial charge in [0.2, 0.25) is 0 Å². The molecule has 0 saturated carbocycles. The van der Waals surface area contributed by atoms with Crippen molar-refractivity contribution in [3.05, 3.63) is 66.2 Å². The van der Waals surface area contributed by atoms with Crippen LogP contribution in [0.15, 0.2) is 59.5 Å². The van der Waals surface area contributed by atoms with E-state index in [1.165, 1.54) is 6.39 Å². The SMILES string of the molecule is COc1ccc(CNc2ccc(-c3cnco3)c(CO)c2)cc1. The molecule has 1 aromatic heterocycles. The lowest BCUT2D eigenvalue weighted by molar-refractivity contribution is 0.282. The Labute approximate surface area is 134 Å². The Morgan fingerprint density at radius 1 is 1.17 bits per heavy atom. The fourth-order valence-corrected chi connectivity index (χ4v) is 2.37. The monoisotopic (exact) mass is 310 g/mol. The van der Waals surface area contributed by atoms with Crippen molar-refractivity contribution in [2.75, 3.05) is 12.4 Å². The molecule has 0 saturated heterocycles. The molecule has 0 atom stereocenters. The van der Waals surface area contributed by atoms with Crippen molar-refractivity contribution >= 4 is 5.69 Å². The molecule has 0 radical (unpaired) electrons. The van der Waals surface area contributed by atoms with E-state index in [9.17, 15) is 5.11 Å². The van der Waals surface area contributed by atoms with Gasteiger partial charge in [-0.2, -0.15) is 0 Å². The number of oxazole rings is 1. The molecule has 5 heteroatoms. The molecular formula is C18H18N2O3. The molecule has 2 aromatic carbocycles. The van der Waals surface area contributed by atoms with E-state index < -0.39 is 0 Å². The van der Waals surface area contributed by atoms with Gasteiger partial charge >= 0.3 is 0 Å². The Hall–Kier alpha value is -2.79. The third-order valence-electron chi connectivity index (χ3n) is 3.63. The number of hydrogen-bond acceptors (Lipinski definition) is 5. The van der Waals surface area contributed by atoms with Gasteiger partial charge in [0, 0.05) is 17.8 Å². The second-order valence-electron chi connectivity index (χ2n) is 5.10.